The van der Waals surface area contributed by atoms with Crippen LogP contribution in [0.25, 0.3) is 0 Å². The first-order valence-electron chi connectivity index (χ1n) is 6.86. The van der Waals surface area contributed by atoms with E-state index in [1.807, 2.05) is 37.3 Å². The van der Waals surface area contributed by atoms with Gasteiger partial charge in [-0.05, 0) is 64.9 Å². The van der Waals surface area contributed by atoms with Gasteiger partial charge in [-0.2, -0.15) is 0 Å². The highest BCUT2D eigenvalue weighted by Crippen LogP contribution is 2.17. The van der Waals surface area contributed by atoms with Gasteiger partial charge in [-0.3, -0.25) is 9.59 Å². The Morgan fingerprint density at radius 3 is 2.23 bits per heavy atom. The maximum Gasteiger partial charge on any atom is 0.228 e. The number of nitrogens with one attached hydrogen (secondary N) is 2. The molecule has 2 N–H and O–H groups in total. The molecule has 0 atom stereocenters. The predicted molar refractivity (Wildman–Crippen MR) is 97.0 cm³/mol. The van der Waals surface area contributed by atoms with Gasteiger partial charge in [-0.25, -0.2) is 0 Å². The molecule has 2 aromatic carbocycles. The monoisotopic (exact) mass is 408 g/mol. The van der Waals surface area contributed by atoms with Gasteiger partial charge in [-0.1, -0.05) is 18.2 Å². The van der Waals surface area contributed by atoms with E-state index in [1.165, 1.54) is 12.5 Å². The largest absolute Gasteiger partial charge is 0.326 e. The molecular formula is C17H17IN2O2. The highest BCUT2D eigenvalue weighted by atomic mass is 127. The van der Waals surface area contributed by atoms with Crippen LogP contribution < -0.4 is 10.6 Å². The first-order chi connectivity index (χ1) is 10.4. The second-order valence-electron chi connectivity index (χ2n) is 5.07. The molecular weight excluding hydrogens is 391 g/mol. The zero-order chi connectivity index (χ0) is 16.1. The van der Waals surface area contributed by atoms with Crippen LogP contribution in [0.3, 0.4) is 0 Å². The van der Waals surface area contributed by atoms with E-state index in [4.69, 9.17) is 0 Å². The quantitative estimate of drug-likeness (QED) is 0.758. The molecule has 114 valence electrons. The summed E-state index contributed by atoms with van der Waals surface area (Å²) in [4.78, 5) is 23.0. The fraction of sp³-hybridized carbons (Fsp3) is 0.176. The summed E-state index contributed by atoms with van der Waals surface area (Å²) in [5.74, 6) is -0.175. The molecule has 0 aliphatic carbocycles. The van der Waals surface area contributed by atoms with Crippen LogP contribution in [0, 0.1) is 10.5 Å². The van der Waals surface area contributed by atoms with Crippen LogP contribution in [0.1, 0.15) is 18.1 Å². The van der Waals surface area contributed by atoms with E-state index >= 15 is 0 Å². The molecule has 4 nitrogen and oxygen atoms in total. The Hall–Kier alpha value is -1.89. The first kappa shape index (κ1) is 16.5. The Labute approximate surface area is 143 Å². The van der Waals surface area contributed by atoms with Crippen LogP contribution in [0.2, 0.25) is 0 Å². The highest BCUT2D eigenvalue weighted by Gasteiger charge is 2.06. The molecule has 2 aromatic rings. The molecule has 0 radical (unpaired) electrons. The SMILES string of the molecule is CC(=O)Nc1ccc(CC(=O)Nc2ccc(C)c(I)c2)cc1. The summed E-state index contributed by atoms with van der Waals surface area (Å²) in [7, 11) is 0. The fourth-order valence-corrected chi connectivity index (χ4v) is 2.49. The molecule has 0 heterocycles. The Bertz CT molecular complexity index is 696. The lowest BCUT2D eigenvalue weighted by Gasteiger charge is -2.08. The maximum atomic E-state index is 12.1. The van der Waals surface area contributed by atoms with Gasteiger partial charge in [-0.15, -0.1) is 0 Å². The van der Waals surface area contributed by atoms with Crippen LogP contribution in [-0.4, -0.2) is 11.8 Å². The average molecular weight is 408 g/mol. The van der Waals surface area contributed by atoms with E-state index in [1.54, 1.807) is 12.1 Å². The summed E-state index contributed by atoms with van der Waals surface area (Å²) in [5, 5.41) is 5.59. The van der Waals surface area contributed by atoms with Gasteiger partial charge in [0.05, 0.1) is 6.42 Å². The third-order valence-corrected chi connectivity index (χ3v) is 4.26. The highest BCUT2D eigenvalue weighted by molar-refractivity contribution is 14.1. The smallest absolute Gasteiger partial charge is 0.228 e. The molecule has 0 aliphatic rings. The van der Waals surface area contributed by atoms with Crippen molar-refractivity contribution >= 4 is 45.8 Å². The van der Waals surface area contributed by atoms with Gasteiger partial charge in [0.1, 0.15) is 0 Å². The van der Waals surface area contributed by atoms with Crippen LogP contribution in [0.4, 0.5) is 11.4 Å². The van der Waals surface area contributed by atoms with E-state index in [9.17, 15) is 9.59 Å². The Morgan fingerprint density at radius 2 is 1.64 bits per heavy atom. The number of rotatable bonds is 4. The average Bonchev–Trinajstić information content (AvgIpc) is 2.44. The number of benzene rings is 2. The predicted octanol–water partition coefficient (Wildman–Crippen LogP) is 3.74. The summed E-state index contributed by atoms with van der Waals surface area (Å²) in [6, 6.07) is 13.1. The molecule has 0 aliphatic heterocycles. The van der Waals surface area contributed by atoms with Crippen molar-refractivity contribution in [3.8, 4) is 0 Å². The van der Waals surface area contributed by atoms with Gasteiger partial charge in [0.15, 0.2) is 0 Å². The zero-order valence-corrected chi connectivity index (χ0v) is 14.6. The first-order valence-corrected chi connectivity index (χ1v) is 7.94. The molecule has 0 bridgehead atoms. The molecule has 0 saturated heterocycles. The maximum absolute atomic E-state index is 12.1. The number of anilines is 2. The zero-order valence-electron chi connectivity index (χ0n) is 12.4. The fourth-order valence-electron chi connectivity index (χ4n) is 1.97. The molecule has 0 unspecified atom stereocenters. The number of hydrogen-bond donors (Lipinski definition) is 2. The Morgan fingerprint density at radius 1 is 1.00 bits per heavy atom. The molecule has 2 rings (SSSR count). The third-order valence-electron chi connectivity index (χ3n) is 3.09. The van der Waals surface area contributed by atoms with E-state index in [0.29, 0.717) is 6.42 Å². The lowest BCUT2D eigenvalue weighted by atomic mass is 10.1. The molecule has 0 aromatic heterocycles. The minimum Gasteiger partial charge on any atom is -0.326 e. The van der Waals surface area contributed by atoms with Gasteiger partial charge in [0.25, 0.3) is 0 Å². The molecule has 0 spiro atoms. The lowest BCUT2D eigenvalue weighted by Crippen LogP contribution is -2.14. The minimum absolute atomic E-state index is 0.0630. The lowest BCUT2D eigenvalue weighted by molar-refractivity contribution is -0.116. The van der Waals surface area contributed by atoms with Crippen molar-refractivity contribution in [3.05, 3.63) is 57.2 Å². The molecule has 0 fully saturated rings. The topological polar surface area (TPSA) is 58.2 Å². The second kappa shape index (κ2) is 7.40. The van der Waals surface area contributed by atoms with Crippen LogP contribution in [-0.2, 0) is 16.0 Å². The van der Waals surface area contributed by atoms with Crippen molar-refractivity contribution in [2.45, 2.75) is 20.3 Å². The molecule has 22 heavy (non-hydrogen) atoms. The minimum atomic E-state index is -0.112. The van der Waals surface area contributed by atoms with Crippen LogP contribution >= 0.6 is 22.6 Å². The van der Waals surface area contributed by atoms with E-state index in [0.717, 1.165) is 20.5 Å². The van der Waals surface area contributed by atoms with E-state index < -0.39 is 0 Å². The second-order valence-corrected chi connectivity index (χ2v) is 6.23. The Kier molecular flexibility index (Phi) is 5.54. The standard InChI is InChI=1S/C17H17IN2O2/c1-11-3-6-15(10-16(11)18)20-17(22)9-13-4-7-14(8-5-13)19-12(2)21/h3-8,10H,9H2,1-2H3,(H,19,21)(H,20,22). The van der Waals surface area contributed by atoms with Crippen molar-refractivity contribution in [1.29, 1.82) is 0 Å². The third kappa shape index (κ3) is 4.84. The summed E-state index contributed by atoms with van der Waals surface area (Å²) < 4.78 is 1.12. The molecule has 5 heteroatoms. The van der Waals surface area contributed by atoms with Crippen LogP contribution in [0.15, 0.2) is 42.5 Å². The van der Waals surface area contributed by atoms with Gasteiger partial charge < -0.3 is 10.6 Å². The van der Waals surface area contributed by atoms with Gasteiger partial charge in [0, 0.05) is 21.9 Å². The van der Waals surface area contributed by atoms with Crippen molar-refractivity contribution < 1.29 is 9.59 Å². The number of halogens is 1. The number of hydrogen-bond acceptors (Lipinski definition) is 2. The molecule has 2 amide bonds. The van der Waals surface area contributed by atoms with Crippen molar-refractivity contribution in [3.63, 3.8) is 0 Å². The summed E-state index contributed by atoms with van der Waals surface area (Å²) in [6.45, 7) is 3.49. The number of aryl methyl sites for hydroxylation is 1. The summed E-state index contributed by atoms with van der Waals surface area (Å²) in [6.07, 6.45) is 0.296. The normalized spacial score (nSPS) is 10.1. The summed E-state index contributed by atoms with van der Waals surface area (Å²) >= 11 is 2.25. The van der Waals surface area contributed by atoms with E-state index in [2.05, 4.69) is 33.2 Å². The number of amides is 2. The van der Waals surface area contributed by atoms with Crippen molar-refractivity contribution in [2.24, 2.45) is 0 Å². The molecule has 0 saturated carbocycles. The summed E-state index contributed by atoms with van der Waals surface area (Å²) in [5.41, 5.74) is 3.61. The number of carbonyl (C=O) groups excluding carboxylic acids is 2. The van der Waals surface area contributed by atoms with E-state index in [-0.39, 0.29) is 11.8 Å². The Balaban J connectivity index is 1.96. The van der Waals surface area contributed by atoms with Gasteiger partial charge >= 0.3 is 0 Å². The number of carbonyl (C=O) groups is 2. The van der Waals surface area contributed by atoms with Gasteiger partial charge in [0.2, 0.25) is 11.8 Å². The van der Waals surface area contributed by atoms with Crippen molar-refractivity contribution in [2.75, 3.05) is 10.6 Å². The van der Waals surface area contributed by atoms with Crippen LogP contribution in [0.5, 0.6) is 0 Å². The van der Waals surface area contributed by atoms with Crippen molar-refractivity contribution in [1.82, 2.24) is 0 Å².